The molecule has 30 heavy (non-hydrogen) atoms. The van der Waals surface area contributed by atoms with E-state index in [4.69, 9.17) is 27.9 Å². The van der Waals surface area contributed by atoms with Gasteiger partial charge in [0.15, 0.2) is 0 Å². The minimum atomic E-state index is -3.46. The molecule has 1 N–H and O–H groups in total. The van der Waals surface area contributed by atoms with Crippen LogP contribution in [0.2, 0.25) is 10.0 Å². The van der Waals surface area contributed by atoms with Crippen LogP contribution < -0.4 is 5.32 Å². The molecule has 3 rings (SSSR count). The maximum Gasteiger partial charge on any atom is 0.223 e. The summed E-state index contributed by atoms with van der Waals surface area (Å²) in [5.74, 6) is -0.231. The number of nitrogens with zero attached hydrogens (tertiary/aromatic N) is 2. The summed E-state index contributed by atoms with van der Waals surface area (Å²) in [5, 5.41) is 3.74. The van der Waals surface area contributed by atoms with Gasteiger partial charge < -0.3 is 10.1 Å². The number of carbonyl (C=O) groups excluding carboxylic acids is 1. The molecular weight excluding hydrogens is 449 g/mol. The first-order chi connectivity index (χ1) is 14.3. The largest absolute Gasteiger partial charge is 0.379 e. The zero-order valence-corrected chi connectivity index (χ0v) is 19.3. The van der Waals surface area contributed by atoms with Crippen molar-refractivity contribution in [1.82, 2.24) is 14.5 Å². The Labute approximate surface area is 188 Å². The maximum absolute atomic E-state index is 12.7. The van der Waals surface area contributed by atoms with E-state index in [0.29, 0.717) is 48.1 Å². The number of benzene rings is 1. The fourth-order valence-electron chi connectivity index (χ4n) is 3.81. The quantitative estimate of drug-likeness (QED) is 0.581. The first kappa shape index (κ1) is 23.8. The zero-order chi connectivity index (χ0) is 21.6. The van der Waals surface area contributed by atoms with E-state index >= 15 is 0 Å². The normalized spacial score (nSPS) is 19.7. The van der Waals surface area contributed by atoms with Crippen molar-refractivity contribution >= 4 is 39.1 Å². The molecule has 168 valence electrons. The van der Waals surface area contributed by atoms with Crippen LogP contribution in [-0.4, -0.2) is 76.0 Å². The number of nitrogens with one attached hydrogen (secondary N) is 1. The SMILES string of the molecule is O=C(NCCCN1CCOCC1)C1CCN(S(=O)(=O)Cc2ccc(Cl)c(Cl)c2)CC1. The van der Waals surface area contributed by atoms with Crippen molar-refractivity contribution in [3.05, 3.63) is 33.8 Å². The van der Waals surface area contributed by atoms with E-state index in [1.807, 2.05) is 0 Å². The Morgan fingerprint density at radius 1 is 1.10 bits per heavy atom. The van der Waals surface area contributed by atoms with E-state index in [1.54, 1.807) is 18.2 Å². The first-order valence-electron chi connectivity index (χ1n) is 10.3. The number of piperidine rings is 1. The smallest absolute Gasteiger partial charge is 0.223 e. The highest BCUT2D eigenvalue weighted by atomic mass is 35.5. The lowest BCUT2D eigenvalue weighted by Crippen LogP contribution is -2.44. The molecule has 0 saturated carbocycles. The number of hydrogen-bond acceptors (Lipinski definition) is 5. The highest BCUT2D eigenvalue weighted by Gasteiger charge is 2.31. The van der Waals surface area contributed by atoms with Gasteiger partial charge in [0, 0.05) is 38.6 Å². The van der Waals surface area contributed by atoms with Gasteiger partial charge in [-0.2, -0.15) is 0 Å². The Kier molecular flexibility index (Phi) is 8.80. The summed E-state index contributed by atoms with van der Waals surface area (Å²) in [5.41, 5.74) is 0.601. The molecule has 2 fully saturated rings. The van der Waals surface area contributed by atoms with E-state index in [-0.39, 0.29) is 17.6 Å². The van der Waals surface area contributed by atoms with Crippen LogP contribution >= 0.6 is 23.2 Å². The summed E-state index contributed by atoms with van der Waals surface area (Å²) in [4.78, 5) is 14.8. The van der Waals surface area contributed by atoms with Crippen LogP contribution in [0.5, 0.6) is 0 Å². The van der Waals surface area contributed by atoms with Crippen LogP contribution in [0.15, 0.2) is 18.2 Å². The third-order valence-electron chi connectivity index (χ3n) is 5.61. The van der Waals surface area contributed by atoms with Crippen molar-refractivity contribution in [2.75, 3.05) is 52.5 Å². The Balaban J connectivity index is 1.39. The van der Waals surface area contributed by atoms with Gasteiger partial charge in [-0.25, -0.2) is 12.7 Å². The molecule has 0 spiro atoms. The lowest BCUT2D eigenvalue weighted by molar-refractivity contribution is -0.126. The average Bonchev–Trinajstić information content (AvgIpc) is 2.74. The maximum atomic E-state index is 12.7. The van der Waals surface area contributed by atoms with Crippen LogP contribution in [0.25, 0.3) is 0 Å². The number of sulfonamides is 1. The van der Waals surface area contributed by atoms with Gasteiger partial charge in [0.2, 0.25) is 15.9 Å². The van der Waals surface area contributed by atoms with Crippen LogP contribution in [0.1, 0.15) is 24.8 Å². The van der Waals surface area contributed by atoms with E-state index in [9.17, 15) is 13.2 Å². The van der Waals surface area contributed by atoms with Gasteiger partial charge in [-0.1, -0.05) is 29.3 Å². The van der Waals surface area contributed by atoms with Crippen molar-refractivity contribution in [3.63, 3.8) is 0 Å². The molecule has 1 aromatic rings. The van der Waals surface area contributed by atoms with Gasteiger partial charge in [0.25, 0.3) is 0 Å². The van der Waals surface area contributed by atoms with E-state index in [1.165, 1.54) is 4.31 Å². The molecule has 0 radical (unpaired) electrons. The molecule has 0 aliphatic carbocycles. The number of carbonyl (C=O) groups is 1. The second-order valence-corrected chi connectivity index (χ2v) is 10.6. The predicted molar refractivity (Wildman–Crippen MR) is 118 cm³/mol. The highest BCUT2D eigenvalue weighted by Crippen LogP contribution is 2.26. The van der Waals surface area contributed by atoms with Crippen LogP contribution in [0.3, 0.4) is 0 Å². The number of amides is 1. The fraction of sp³-hybridized carbons (Fsp3) is 0.650. The van der Waals surface area contributed by atoms with Crippen LogP contribution in [0, 0.1) is 5.92 Å². The monoisotopic (exact) mass is 477 g/mol. The molecule has 7 nitrogen and oxygen atoms in total. The minimum Gasteiger partial charge on any atom is -0.379 e. The van der Waals surface area contributed by atoms with Gasteiger partial charge in [-0.05, 0) is 43.5 Å². The Hall–Kier alpha value is -0.900. The summed E-state index contributed by atoms with van der Waals surface area (Å²) in [6.45, 7) is 5.76. The Morgan fingerprint density at radius 3 is 2.47 bits per heavy atom. The average molecular weight is 478 g/mol. The summed E-state index contributed by atoms with van der Waals surface area (Å²) in [6.07, 6.45) is 1.98. The fourth-order valence-corrected chi connectivity index (χ4v) is 5.68. The van der Waals surface area contributed by atoms with Gasteiger partial charge >= 0.3 is 0 Å². The third-order valence-corrected chi connectivity index (χ3v) is 8.19. The van der Waals surface area contributed by atoms with Gasteiger partial charge in [0.05, 0.1) is 29.0 Å². The third kappa shape index (κ3) is 6.80. The Morgan fingerprint density at radius 2 is 1.80 bits per heavy atom. The van der Waals surface area contributed by atoms with Crippen LogP contribution in [0.4, 0.5) is 0 Å². The topological polar surface area (TPSA) is 79.0 Å². The molecule has 1 aromatic carbocycles. The van der Waals surface area contributed by atoms with Crippen molar-refractivity contribution in [1.29, 1.82) is 0 Å². The molecule has 10 heteroatoms. The summed E-state index contributed by atoms with van der Waals surface area (Å²) < 4.78 is 32.2. The highest BCUT2D eigenvalue weighted by molar-refractivity contribution is 7.88. The number of morpholine rings is 1. The molecule has 1 amide bonds. The Bertz CT molecular complexity index is 823. The van der Waals surface area contributed by atoms with Crippen molar-refractivity contribution in [3.8, 4) is 0 Å². The molecule has 0 unspecified atom stereocenters. The molecular formula is C20H29Cl2N3O4S. The molecule has 2 aliphatic heterocycles. The molecule has 2 aliphatic rings. The first-order valence-corrected chi connectivity index (χ1v) is 12.7. The number of rotatable bonds is 8. The number of ether oxygens (including phenoxy) is 1. The summed E-state index contributed by atoms with van der Waals surface area (Å²) in [6, 6.07) is 4.85. The minimum absolute atomic E-state index is 0.0264. The van der Waals surface area contributed by atoms with Crippen LogP contribution in [-0.2, 0) is 25.3 Å². The zero-order valence-electron chi connectivity index (χ0n) is 17.0. The van der Waals surface area contributed by atoms with E-state index in [2.05, 4.69) is 10.2 Å². The van der Waals surface area contributed by atoms with Crippen molar-refractivity contribution in [2.24, 2.45) is 5.92 Å². The van der Waals surface area contributed by atoms with E-state index < -0.39 is 10.0 Å². The molecule has 0 bridgehead atoms. The molecule has 2 saturated heterocycles. The lowest BCUT2D eigenvalue weighted by Gasteiger charge is -2.30. The summed E-state index contributed by atoms with van der Waals surface area (Å²) >= 11 is 11.9. The predicted octanol–water partition coefficient (Wildman–Crippen LogP) is 2.37. The van der Waals surface area contributed by atoms with Gasteiger partial charge in [-0.3, -0.25) is 9.69 Å². The summed E-state index contributed by atoms with van der Waals surface area (Å²) in [7, 11) is -3.46. The molecule has 2 heterocycles. The number of halogens is 2. The second-order valence-electron chi connectivity index (χ2n) is 7.78. The second kappa shape index (κ2) is 11.1. The van der Waals surface area contributed by atoms with Crippen molar-refractivity contribution < 1.29 is 17.9 Å². The van der Waals surface area contributed by atoms with Gasteiger partial charge in [0.1, 0.15) is 0 Å². The van der Waals surface area contributed by atoms with Crippen molar-refractivity contribution in [2.45, 2.75) is 25.0 Å². The van der Waals surface area contributed by atoms with E-state index in [0.717, 1.165) is 39.3 Å². The molecule has 0 atom stereocenters. The lowest BCUT2D eigenvalue weighted by atomic mass is 9.97. The van der Waals surface area contributed by atoms with Gasteiger partial charge in [-0.15, -0.1) is 0 Å². The standard InChI is InChI=1S/C20H29Cl2N3O4S/c21-18-3-2-16(14-19(18)22)15-30(27,28)25-8-4-17(5-9-25)20(26)23-6-1-7-24-10-12-29-13-11-24/h2-3,14,17H,1,4-13,15H2,(H,23,26). The molecule has 0 aromatic heterocycles. The number of hydrogen-bond donors (Lipinski definition) is 1.